The van der Waals surface area contributed by atoms with Crippen LogP contribution < -0.4 is 0 Å². The monoisotopic (exact) mass is 549 g/mol. The summed E-state index contributed by atoms with van der Waals surface area (Å²) in [5.74, 6) is -1.84. The maximum atomic E-state index is 13.5. The van der Waals surface area contributed by atoms with Crippen LogP contribution in [-0.4, -0.2) is 51.0 Å². The van der Waals surface area contributed by atoms with Crippen LogP contribution in [0.4, 0.5) is 0 Å². The van der Waals surface area contributed by atoms with Gasteiger partial charge in [-0.1, -0.05) is 70.4 Å². The van der Waals surface area contributed by atoms with Crippen molar-refractivity contribution in [3.8, 4) is 0 Å². The highest BCUT2D eigenvalue weighted by atomic mass is 16.4. The number of aliphatic hydroxyl groups is 1. The molecule has 0 aromatic heterocycles. The van der Waals surface area contributed by atoms with Crippen LogP contribution in [0.3, 0.4) is 0 Å². The first-order valence-corrected chi connectivity index (χ1v) is 14.7. The quantitative estimate of drug-likeness (QED) is 0.316. The van der Waals surface area contributed by atoms with Gasteiger partial charge < -0.3 is 15.1 Å². The zero-order valence-corrected chi connectivity index (χ0v) is 25.6. The minimum absolute atomic E-state index is 0.000776. The van der Waals surface area contributed by atoms with Crippen molar-refractivity contribution in [2.24, 2.45) is 5.92 Å². The van der Waals surface area contributed by atoms with Gasteiger partial charge in [0.05, 0.1) is 5.60 Å². The molecule has 2 aromatic rings. The summed E-state index contributed by atoms with van der Waals surface area (Å²) in [7, 11) is 1.52. The van der Waals surface area contributed by atoms with Gasteiger partial charge in [0, 0.05) is 29.5 Å². The topological polar surface area (TPSA) is 94.9 Å². The number of Topliss-reactive ketones (excluding diaryl/α,β-unsaturated/α-hetero) is 1. The molecule has 2 N–H and O–H groups in total. The number of nitrogens with zero attached hydrogens (tertiary/aromatic N) is 1. The number of likely N-dealkylation sites (N-methyl/N-ethyl adjacent to an activating group) is 1. The summed E-state index contributed by atoms with van der Waals surface area (Å²) in [6.07, 6.45) is 6.02. The molecule has 0 aliphatic heterocycles. The molecule has 1 fully saturated rings. The van der Waals surface area contributed by atoms with Crippen LogP contribution >= 0.6 is 0 Å². The fourth-order valence-corrected chi connectivity index (χ4v) is 6.32. The van der Waals surface area contributed by atoms with Gasteiger partial charge in [0.1, 0.15) is 5.54 Å². The van der Waals surface area contributed by atoms with Crippen LogP contribution in [0.15, 0.2) is 36.4 Å². The Kier molecular flexibility index (Phi) is 9.35. The molecule has 6 nitrogen and oxygen atoms in total. The van der Waals surface area contributed by atoms with Crippen LogP contribution in [-0.2, 0) is 10.2 Å². The van der Waals surface area contributed by atoms with Gasteiger partial charge in [-0.05, 0) is 81.7 Å². The van der Waals surface area contributed by atoms with E-state index in [1.807, 2.05) is 45.0 Å². The Hall–Kier alpha value is -2.99. The summed E-state index contributed by atoms with van der Waals surface area (Å²) in [4.78, 5) is 39.7. The number of hydrogen-bond donors (Lipinski definition) is 2. The van der Waals surface area contributed by atoms with Crippen molar-refractivity contribution in [3.63, 3.8) is 0 Å². The third-order valence-corrected chi connectivity index (χ3v) is 9.85. The number of aryl methyl sites for hydroxylation is 2. The van der Waals surface area contributed by atoms with Gasteiger partial charge in [-0.15, -0.1) is 0 Å². The molecule has 1 amide bonds. The van der Waals surface area contributed by atoms with Crippen molar-refractivity contribution < 1.29 is 24.6 Å². The van der Waals surface area contributed by atoms with Gasteiger partial charge in [-0.2, -0.15) is 0 Å². The molecule has 0 heterocycles. The van der Waals surface area contributed by atoms with Gasteiger partial charge in [0.25, 0.3) is 5.91 Å². The van der Waals surface area contributed by atoms with E-state index in [0.29, 0.717) is 24.0 Å². The summed E-state index contributed by atoms with van der Waals surface area (Å²) in [6, 6.07) is 11.9. The van der Waals surface area contributed by atoms with Crippen molar-refractivity contribution in [3.05, 3.63) is 69.8 Å². The molecule has 1 aliphatic rings. The number of carboxylic acids is 1. The minimum Gasteiger partial charge on any atom is -0.480 e. The summed E-state index contributed by atoms with van der Waals surface area (Å²) < 4.78 is 0. The zero-order chi connectivity index (χ0) is 30.0. The van der Waals surface area contributed by atoms with E-state index in [4.69, 9.17) is 0 Å². The smallest absolute Gasteiger partial charge is 0.329 e. The molecular formula is C34H47NO5. The molecule has 1 aliphatic carbocycles. The molecule has 40 heavy (non-hydrogen) atoms. The molecule has 218 valence electrons. The SMILES string of the molecule is CCC(CC)(c1ccc(C(=O)C(C)C2(O)CCCCC2)c(C)c1)c1ccc(C(=O)N(C)C(C)(C)C(=O)O)c(C)c1. The second-order valence-electron chi connectivity index (χ2n) is 12.3. The molecule has 3 rings (SSSR count). The normalized spacial score (nSPS) is 16.3. The Morgan fingerprint density at radius 3 is 1.80 bits per heavy atom. The maximum Gasteiger partial charge on any atom is 0.329 e. The third kappa shape index (κ3) is 5.60. The molecule has 0 bridgehead atoms. The first kappa shape index (κ1) is 31.5. The number of rotatable bonds is 10. The van der Waals surface area contributed by atoms with Crippen LogP contribution in [0.2, 0.25) is 0 Å². The Bertz CT molecular complexity index is 1270. The molecule has 0 spiro atoms. The molecule has 6 heteroatoms. The second-order valence-corrected chi connectivity index (χ2v) is 12.3. The number of aliphatic carboxylic acids is 1. The molecule has 1 unspecified atom stereocenters. The standard InChI is InChI=1S/C34H47NO5/c1-9-33(10-2,26-15-17-28(23(4)21-26)30(37)35(8)32(6,7)31(38)39)25-14-16-27(22(3)20-25)29(36)24(5)34(40)18-12-11-13-19-34/h14-17,20-21,24,40H,9-13,18-19H2,1-8H3,(H,38,39). The predicted molar refractivity (Wildman–Crippen MR) is 159 cm³/mol. The maximum absolute atomic E-state index is 13.5. The average molecular weight is 550 g/mol. The van der Waals surface area contributed by atoms with Gasteiger partial charge in [-0.3, -0.25) is 9.59 Å². The number of carboxylic acid groups (broad SMARTS) is 1. The number of carbonyl (C=O) groups excluding carboxylic acids is 2. The first-order valence-electron chi connectivity index (χ1n) is 14.7. The highest BCUT2D eigenvalue weighted by Gasteiger charge is 2.40. The predicted octanol–water partition coefficient (Wildman–Crippen LogP) is 6.86. The van der Waals surface area contributed by atoms with Crippen molar-refractivity contribution in [1.82, 2.24) is 4.90 Å². The fraction of sp³-hybridized carbons (Fsp3) is 0.559. The van der Waals surface area contributed by atoms with E-state index in [9.17, 15) is 24.6 Å². The Balaban J connectivity index is 1.97. The number of hydrogen-bond acceptors (Lipinski definition) is 4. The van der Waals surface area contributed by atoms with Crippen molar-refractivity contribution >= 4 is 17.7 Å². The first-order chi connectivity index (χ1) is 18.7. The lowest BCUT2D eigenvalue weighted by Crippen LogP contribution is -2.50. The molecule has 1 saturated carbocycles. The Morgan fingerprint density at radius 2 is 1.38 bits per heavy atom. The van der Waals surface area contributed by atoms with Gasteiger partial charge in [0.15, 0.2) is 5.78 Å². The molecule has 0 radical (unpaired) electrons. The van der Waals surface area contributed by atoms with E-state index in [1.54, 1.807) is 6.07 Å². The summed E-state index contributed by atoms with van der Waals surface area (Å²) in [6.45, 7) is 13.1. The zero-order valence-electron chi connectivity index (χ0n) is 25.6. The van der Waals surface area contributed by atoms with E-state index in [-0.39, 0.29) is 17.1 Å². The van der Waals surface area contributed by atoms with E-state index in [0.717, 1.165) is 54.4 Å². The van der Waals surface area contributed by atoms with Crippen molar-refractivity contribution in [1.29, 1.82) is 0 Å². The number of ketones is 1. The molecule has 1 atom stereocenters. The lowest BCUT2D eigenvalue weighted by Gasteiger charge is -2.37. The van der Waals surface area contributed by atoms with E-state index < -0.39 is 23.0 Å². The number of amides is 1. The van der Waals surface area contributed by atoms with Gasteiger partial charge in [-0.25, -0.2) is 4.79 Å². The van der Waals surface area contributed by atoms with Gasteiger partial charge in [0.2, 0.25) is 0 Å². The van der Waals surface area contributed by atoms with Crippen LogP contribution in [0.25, 0.3) is 0 Å². The van der Waals surface area contributed by atoms with E-state index >= 15 is 0 Å². The highest BCUT2D eigenvalue weighted by molar-refractivity contribution is 6.00. The molecule has 0 saturated heterocycles. The Labute approximate surface area is 239 Å². The number of benzene rings is 2. The third-order valence-electron chi connectivity index (χ3n) is 9.85. The van der Waals surface area contributed by atoms with Gasteiger partial charge >= 0.3 is 5.97 Å². The van der Waals surface area contributed by atoms with E-state index in [1.165, 1.54) is 25.8 Å². The fourth-order valence-electron chi connectivity index (χ4n) is 6.32. The summed E-state index contributed by atoms with van der Waals surface area (Å²) >= 11 is 0. The van der Waals surface area contributed by atoms with Crippen LogP contribution in [0.5, 0.6) is 0 Å². The highest BCUT2D eigenvalue weighted by Crippen LogP contribution is 2.41. The molecule has 2 aromatic carbocycles. The summed E-state index contributed by atoms with van der Waals surface area (Å²) in [5.41, 5.74) is 2.44. The number of carbonyl (C=O) groups is 3. The summed E-state index contributed by atoms with van der Waals surface area (Å²) in [5, 5.41) is 20.8. The van der Waals surface area contributed by atoms with E-state index in [2.05, 4.69) is 19.9 Å². The van der Waals surface area contributed by atoms with Crippen LogP contribution in [0, 0.1) is 19.8 Å². The lowest BCUT2D eigenvalue weighted by molar-refractivity contribution is -0.147. The largest absolute Gasteiger partial charge is 0.480 e. The Morgan fingerprint density at radius 1 is 0.900 bits per heavy atom. The van der Waals surface area contributed by atoms with Crippen molar-refractivity contribution in [2.45, 2.75) is 110 Å². The van der Waals surface area contributed by atoms with Crippen LogP contribution in [0.1, 0.15) is 123 Å². The van der Waals surface area contributed by atoms with Crippen molar-refractivity contribution in [2.75, 3.05) is 7.05 Å². The lowest BCUT2D eigenvalue weighted by atomic mass is 9.69. The minimum atomic E-state index is -1.33. The second kappa shape index (κ2) is 11.9. The average Bonchev–Trinajstić information content (AvgIpc) is 2.93. The molecular weight excluding hydrogens is 502 g/mol.